The van der Waals surface area contributed by atoms with E-state index in [1.165, 1.54) is 4.90 Å². The molecule has 0 spiro atoms. The van der Waals surface area contributed by atoms with Gasteiger partial charge in [-0.25, -0.2) is 0 Å². The molecule has 3 amide bonds. The number of nitrogens with zero attached hydrogens (tertiary/aromatic N) is 1. The third kappa shape index (κ3) is 3.55. The first-order chi connectivity index (χ1) is 9.35. The number of imide groups is 1. The lowest BCUT2D eigenvalue weighted by atomic mass is 9.81. The van der Waals surface area contributed by atoms with Gasteiger partial charge in [0, 0.05) is 6.04 Å². The van der Waals surface area contributed by atoms with Crippen LogP contribution in [0.4, 0.5) is 0 Å². The molecule has 0 aromatic heterocycles. The predicted octanol–water partition coefficient (Wildman–Crippen LogP) is 0.722. The van der Waals surface area contributed by atoms with Gasteiger partial charge >= 0.3 is 0 Å². The van der Waals surface area contributed by atoms with Crippen LogP contribution in [0.25, 0.3) is 0 Å². The molecule has 6 nitrogen and oxygen atoms in total. The van der Waals surface area contributed by atoms with Crippen molar-refractivity contribution >= 4 is 30.1 Å². The zero-order valence-corrected chi connectivity index (χ0v) is 13.4. The molecule has 1 aliphatic carbocycles. The molecule has 2 rings (SSSR count). The first-order valence-electron chi connectivity index (χ1n) is 7.31. The average molecular weight is 318 g/mol. The monoisotopic (exact) mass is 317 g/mol. The Kier molecular flexibility index (Phi) is 5.75. The molecule has 1 atom stereocenters. The molecule has 0 aromatic rings. The SMILES string of the molecule is CC(C)N1C(=O)CC(NC(=O)C2(N)CCCCC2)C1=O.Cl. The summed E-state index contributed by atoms with van der Waals surface area (Å²) in [5, 5.41) is 2.68. The van der Waals surface area contributed by atoms with Crippen molar-refractivity contribution in [2.45, 2.75) is 70.0 Å². The summed E-state index contributed by atoms with van der Waals surface area (Å²) in [5.41, 5.74) is 5.25. The van der Waals surface area contributed by atoms with E-state index in [1.54, 1.807) is 13.8 Å². The summed E-state index contributed by atoms with van der Waals surface area (Å²) in [4.78, 5) is 37.4. The van der Waals surface area contributed by atoms with Gasteiger partial charge in [0.25, 0.3) is 5.91 Å². The molecule has 0 radical (unpaired) electrons. The molecule has 3 N–H and O–H groups in total. The van der Waals surface area contributed by atoms with Gasteiger partial charge < -0.3 is 11.1 Å². The van der Waals surface area contributed by atoms with Crippen LogP contribution in [0.15, 0.2) is 0 Å². The fraction of sp³-hybridized carbons (Fsp3) is 0.786. The number of halogens is 1. The molecule has 1 aliphatic heterocycles. The molecule has 0 bridgehead atoms. The maximum absolute atomic E-state index is 12.3. The maximum Gasteiger partial charge on any atom is 0.252 e. The Morgan fingerprint density at radius 3 is 2.33 bits per heavy atom. The Morgan fingerprint density at radius 1 is 1.29 bits per heavy atom. The average Bonchev–Trinajstić information content (AvgIpc) is 2.65. The second kappa shape index (κ2) is 6.75. The van der Waals surface area contributed by atoms with Crippen molar-refractivity contribution in [2.75, 3.05) is 0 Å². The van der Waals surface area contributed by atoms with Crippen molar-refractivity contribution in [3.8, 4) is 0 Å². The van der Waals surface area contributed by atoms with Crippen molar-refractivity contribution in [3.05, 3.63) is 0 Å². The van der Waals surface area contributed by atoms with Crippen LogP contribution in [0.2, 0.25) is 0 Å². The third-order valence-corrected chi connectivity index (χ3v) is 4.20. The molecule has 2 fully saturated rings. The number of hydrogen-bond donors (Lipinski definition) is 2. The van der Waals surface area contributed by atoms with Crippen molar-refractivity contribution in [1.82, 2.24) is 10.2 Å². The number of nitrogens with one attached hydrogen (secondary N) is 1. The summed E-state index contributed by atoms with van der Waals surface area (Å²) in [6, 6.07) is -0.932. The highest BCUT2D eigenvalue weighted by molar-refractivity contribution is 6.07. The fourth-order valence-corrected chi connectivity index (χ4v) is 3.02. The van der Waals surface area contributed by atoms with E-state index in [4.69, 9.17) is 5.73 Å². The summed E-state index contributed by atoms with van der Waals surface area (Å²) in [7, 11) is 0. The van der Waals surface area contributed by atoms with E-state index in [2.05, 4.69) is 5.32 Å². The maximum atomic E-state index is 12.3. The summed E-state index contributed by atoms with van der Waals surface area (Å²) in [6.07, 6.45) is 4.27. The number of carbonyl (C=O) groups is 3. The van der Waals surface area contributed by atoms with E-state index in [1.807, 2.05) is 0 Å². The minimum absolute atomic E-state index is 0. The summed E-state index contributed by atoms with van der Waals surface area (Å²) in [5.74, 6) is -0.850. The molecular weight excluding hydrogens is 294 g/mol. The Labute approximate surface area is 131 Å². The Hall–Kier alpha value is -1.14. The number of rotatable bonds is 3. The Bertz CT molecular complexity index is 433. The van der Waals surface area contributed by atoms with Crippen LogP contribution in [0, 0.1) is 0 Å². The van der Waals surface area contributed by atoms with Gasteiger partial charge in [0.15, 0.2) is 0 Å². The van der Waals surface area contributed by atoms with E-state index in [-0.39, 0.29) is 42.6 Å². The van der Waals surface area contributed by atoms with Crippen LogP contribution in [0.3, 0.4) is 0 Å². The van der Waals surface area contributed by atoms with Crippen LogP contribution in [-0.4, -0.2) is 40.2 Å². The first-order valence-corrected chi connectivity index (χ1v) is 7.31. The van der Waals surface area contributed by atoms with Gasteiger partial charge in [0.1, 0.15) is 6.04 Å². The third-order valence-electron chi connectivity index (χ3n) is 4.20. The van der Waals surface area contributed by atoms with Gasteiger partial charge in [-0.2, -0.15) is 0 Å². The van der Waals surface area contributed by atoms with Crippen LogP contribution in [0.5, 0.6) is 0 Å². The largest absolute Gasteiger partial charge is 0.342 e. The quantitative estimate of drug-likeness (QED) is 0.750. The van der Waals surface area contributed by atoms with Crippen molar-refractivity contribution in [1.29, 1.82) is 0 Å². The normalized spacial score (nSPS) is 25.0. The Balaban J connectivity index is 0.00000220. The summed E-state index contributed by atoms with van der Waals surface area (Å²) in [6.45, 7) is 3.57. The second-order valence-electron chi connectivity index (χ2n) is 6.14. The molecule has 0 aromatic carbocycles. The number of carbonyl (C=O) groups excluding carboxylic acids is 3. The first kappa shape index (κ1) is 17.9. The van der Waals surface area contributed by atoms with Gasteiger partial charge in [-0.1, -0.05) is 19.3 Å². The van der Waals surface area contributed by atoms with Gasteiger partial charge in [-0.05, 0) is 26.7 Å². The van der Waals surface area contributed by atoms with E-state index in [9.17, 15) is 14.4 Å². The Morgan fingerprint density at radius 2 is 1.86 bits per heavy atom. The van der Waals surface area contributed by atoms with Crippen LogP contribution >= 0.6 is 12.4 Å². The second-order valence-corrected chi connectivity index (χ2v) is 6.14. The zero-order valence-electron chi connectivity index (χ0n) is 12.6. The smallest absolute Gasteiger partial charge is 0.252 e. The molecule has 7 heteroatoms. The van der Waals surface area contributed by atoms with E-state index in [0.29, 0.717) is 12.8 Å². The number of nitrogens with two attached hydrogens (primary N) is 1. The molecule has 2 aliphatic rings. The minimum Gasteiger partial charge on any atom is -0.342 e. The molecule has 120 valence electrons. The topological polar surface area (TPSA) is 92.5 Å². The van der Waals surface area contributed by atoms with Crippen molar-refractivity contribution in [2.24, 2.45) is 5.73 Å². The van der Waals surface area contributed by atoms with Crippen LogP contribution < -0.4 is 11.1 Å². The fourth-order valence-electron chi connectivity index (χ4n) is 3.02. The van der Waals surface area contributed by atoms with Crippen LogP contribution in [0.1, 0.15) is 52.4 Å². The zero-order chi connectivity index (χ0) is 14.9. The predicted molar refractivity (Wildman–Crippen MR) is 80.8 cm³/mol. The minimum atomic E-state index is -0.882. The number of likely N-dealkylation sites (tertiary alicyclic amines) is 1. The summed E-state index contributed by atoms with van der Waals surface area (Å²) >= 11 is 0. The van der Waals surface area contributed by atoms with Gasteiger partial charge in [-0.15, -0.1) is 12.4 Å². The van der Waals surface area contributed by atoms with E-state index in [0.717, 1.165) is 19.3 Å². The molecular formula is C14H24ClN3O3. The summed E-state index contributed by atoms with van der Waals surface area (Å²) < 4.78 is 0. The highest BCUT2D eigenvalue weighted by Gasteiger charge is 2.43. The molecule has 1 heterocycles. The number of amides is 3. The molecule has 21 heavy (non-hydrogen) atoms. The molecule has 1 saturated carbocycles. The van der Waals surface area contributed by atoms with Crippen molar-refractivity contribution in [3.63, 3.8) is 0 Å². The van der Waals surface area contributed by atoms with Gasteiger partial charge in [-0.3, -0.25) is 19.3 Å². The lowest BCUT2D eigenvalue weighted by Gasteiger charge is -2.32. The van der Waals surface area contributed by atoms with Crippen molar-refractivity contribution < 1.29 is 14.4 Å². The number of hydrogen-bond acceptors (Lipinski definition) is 4. The lowest BCUT2D eigenvalue weighted by Crippen LogP contribution is -2.58. The van der Waals surface area contributed by atoms with E-state index >= 15 is 0 Å². The van der Waals surface area contributed by atoms with Crippen LogP contribution in [-0.2, 0) is 14.4 Å². The highest BCUT2D eigenvalue weighted by atomic mass is 35.5. The standard InChI is InChI=1S/C14H23N3O3.ClH/c1-9(2)17-11(18)8-10(12(17)19)16-13(20)14(15)6-4-3-5-7-14;/h9-10H,3-8,15H2,1-2H3,(H,16,20);1H. The van der Waals surface area contributed by atoms with Gasteiger partial charge in [0.05, 0.1) is 12.0 Å². The molecule has 1 unspecified atom stereocenters. The highest BCUT2D eigenvalue weighted by Crippen LogP contribution is 2.26. The lowest BCUT2D eigenvalue weighted by molar-refractivity contribution is -0.142. The van der Waals surface area contributed by atoms with E-state index < -0.39 is 11.6 Å². The molecule has 1 saturated heterocycles. The van der Waals surface area contributed by atoms with Gasteiger partial charge in [0.2, 0.25) is 11.8 Å².